The third kappa shape index (κ3) is 3.47. The number of hydrogen-bond acceptors (Lipinski definition) is 3. The van der Waals surface area contributed by atoms with Gasteiger partial charge in [-0.25, -0.2) is 0 Å². The highest BCUT2D eigenvalue weighted by molar-refractivity contribution is 5.34. The molecule has 3 heteroatoms. The minimum Gasteiger partial charge on any atom is -0.353 e. The zero-order chi connectivity index (χ0) is 15.5. The van der Waals surface area contributed by atoms with Gasteiger partial charge in [0.05, 0.1) is 0 Å². The molecule has 3 nitrogen and oxygen atoms in total. The van der Waals surface area contributed by atoms with Gasteiger partial charge in [0, 0.05) is 27.1 Å². The Labute approximate surface area is 128 Å². The van der Waals surface area contributed by atoms with Crippen molar-refractivity contribution in [3.8, 4) is 0 Å². The van der Waals surface area contributed by atoms with E-state index in [-0.39, 0.29) is 5.79 Å². The lowest BCUT2D eigenvalue weighted by atomic mass is 9.74. The van der Waals surface area contributed by atoms with Gasteiger partial charge < -0.3 is 15.2 Å². The van der Waals surface area contributed by atoms with Gasteiger partial charge in [0.2, 0.25) is 0 Å². The predicted octanol–water partition coefficient (Wildman–Crippen LogP) is 3.53. The number of benzene rings is 1. The lowest BCUT2D eigenvalue weighted by Gasteiger charge is -2.40. The van der Waals surface area contributed by atoms with E-state index in [0.717, 1.165) is 25.7 Å². The zero-order valence-corrected chi connectivity index (χ0v) is 13.8. The van der Waals surface area contributed by atoms with Crippen molar-refractivity contribution in [2.24, 2.45) is 11.7 Å². The summed E-state index contributed by atoms with van der Waals surface area (Å²) in [6.07, 6.45) is 4.12. The summed E-state index contributed by atoms with van der Waals surface area (Å²) in [5.41, 5.74) is 10.2. The smallest absolute Gasteiger partial charge is 0.167 e. The third-order valence-electron chi connectivity index (χ3n) is 5.18. The number of rotatable bonds is 5. The van der Waals surface area contributed by atoms with Crippen LogP contribution >= 0.6 is 0 Å². The Morgan fingerprint density at radius 3 is 2.29 bits per heavy atom. The second-order valence-corrected chi connectivity index (χ2v) is 6.36. The molecule has 1 aliphatic rings. The van der Waals surface area contributed by atoms with Crippen LogP contribution in [0.1, 0.15) is 48.3 Å². The van der Waals surface area contributed by atoms with Gasteiger partial charge in [0.15, 0.2) is 5.79 Å². The minimum absolute atomic E-state index is 0.377. The first-order valence-corrected chi connectivity index (χ1v) is 7.92. The third-order valence-corrected chi connectivity index (χ3v) is 5.18. The number of nitrogens with two attached hydrogens (primary N) is 1. The van der Waals surface area contributed by atoms with Crippen LogP contribution in [0.15, 0.2) is 18.2 Å². The Hall–Kier alpha value is -0.900. The van der Waals surface area contributed by atoms with Crippen molar-refractivity contribution in [2.75, 3.05) is 20.8 Å². The van der Waals surface area contributed by atoms with E-state index in [1.165, 1.54) is 16.7 Å². The van der Waals surface area contributed by atoms with Crippen LogP contribution in [-0.4, -0.2) is 26.6 Å². The molecule has 118 valence electrons. The molecular weight excluding hydrogens is 262 g/mol. The minimum atomic E-state index is -0.377. The van der Waals surface area contributed by atoms with Crippen molar-refractivity contribution in [1.82, 2.24) is 0 Å². The quantitative estimate of drug-likeness (QED) is 0.844. The van der Waals surface area contributed by atoms with Crippen LogP contribution in [0, 0.1) is 19.8 Å². The highest BCUT2D eigenvalue weighted by Crippen LogP contribution is 2.41. The van der Waals surface area contributed by atoms with Crippen molar-refractivity contribution in [2.45, 2.75) is 51.2 Å². The molecule has 1 unspecified atom stereocenters. The SMILES string of the molecule is COC1(OC)CCC(C(CN)c2ccc(C)cc2C)CC1. The Morgan fingerprint density at radius 1 is 1.19 bits per heavy atom. The van der Waals surface area contributed by atoms with Crippen LogP contribution in [0.4, 0.5) is 0 Å². The second-order valence-electron chi connectivity index (χ2n) is 6.36. The van der Waals surface area contributed by atoms with E-state index in [4.69, 9.17) is 15.2 Å². The first kappa shape index (κ1) is 16.5. The van der Waals surface area contributed by atoms with Crippen molar-refractivity contribution < 1.29 is 9.47 Å². The molecule has 0 aliphatic heterocycles. The Morgan fingerprint density at radius 2 is 1.81 bits per heavy atom. The largest absolute Gasteiger partial charge is 0.353 e. The van der Waals surface area contributed by atoms with Crippen LogP contribution in [0.2, 0.25) is 0 Å². The first-order chi connectivity index (χ1) is 10.0. The normalized spacial score (nSPS) is 20.4. The van der Waals surface area contributed by atoms with Crippen LogP contribution < -0.4 is 5.73 Å². The van der Waals surface area contributed by atoms with Gasteiger partial charge in [0.1, 0.15) is 0 Å². The highest BCUT2D eigenvalue weighted by Gasteiger charge is 2.38. The number of aryl methyl sites for hydroxylation is 2. The predicted molar refractivity (Wildman–Crippen MR) is 86.4 cm³/mol. The zero-order valence-electron chi connectivity index (χ0n) is 13.8. The molecule has 1 aromatic carbocycles. The molecule has 0 radical (unpaired) electrons. The van der Waals surface area contributed by atoms with Crippen LogP contribution in [-0.2, 0) is 9.47 Å². The van der Waals surface area contributed by atoms with Gasteiger partial charge in [-0.2, -0.15) is 0 Å². The van der Waals surface area contributed by atoms with Gasteiger partial charge in [-0.1, -0.05) is 23.8 Å². The Balaban J connectivity index is 2.13. The molecule has 0 saturated heterocycles. The topological polar surface area (TPSA) is 44.5 Å². The highest BCUT2D eigenvalue weighted by atomic mass is 16.7. The van der Waals surface area contributed by atoms with Gasteiger partial charge in [0.25, 0.3) is 0 Å². The Kier molecular flexibility index (Phi) is 5.42. The maximum Gasteiger partial charge on any atom is 0.167 e. The van der Waals surface area contributed by atoms with Gasteiger partial charge >= 0.3 is 0 Å². The monoisotopic (exact) mass is 291 g/mol. The second kappa shape index (κ2) is 6.91. The van der Waals surface area contributed by atoms with E-state index in [9.17, 15) is 0 Å². The molecule has 1 fully saturated rings. The maximum absolute atomic E-state index is 6.11. The fourth-order valence-corrected chi connectivity index (χ4v) is 3.79. The molecule has 21 heavy (non-hydrogen) atoms. The number of methoxy groups -OCH3 is 2. The first-order valence-electron chi connectivity index (χ1n) is 7.92. The molecule has 0 aromatic heterocycles. The average Bonchev–Trinajstić information content (AvgIpc) is 2.51. The Bertz CT molecular complexity index is 458. The summed E-state index contributed by atoms with van der Waals surface area (Å²) in [6, 6.07) is 6.72. The molecule has 2 N–H and O–H groups in total. The number of ether oxygens (including phenoxy) is 2. The molecule has 1 atom stereocenters. The van der Waals surface area contributed by atoms with Crippen LogP contribution in [0.25, 0.3) is 0 Å². The van der Waals surface area contributed by atoms with E-state index in [1.54, 1.807) is 14.2 Å². The summed E-state index contributed by atoms with van der Waals surface area (Å²) >= 11 is 0. The lowest BCUT2D eigenvalue weighted by molar-refractivity contribution is -0.228. The summed E-state index contributed by atoms with van der Waals surface area (Å²) in [5.74, 6) is 0.685. The molecule has 2 rings (SSSR count). The van der Waals surface area contributed by atoms with Gasteiger partial charge in [-0.3, -0.25) is 0 Å². The van der Waals surface area contributed by atoms with E-state index < -0.39 is 0 Å². The lowest BCUT2D eigenvalue weighted by Crippen LogP contribution is -2.40. The van der Waals surface area contributed by atoms with Crippen LogP contribution in [0.5, 0.6) is 0 Å². The van der Waals surface area contributed by atoms with Crippen LogP contribution in [0.3, 0.4) is 0 Å². The average molecular weight is 291 g/mol. The standard InChI is InChI=1S/C18H29NO2/c1-13-5-6-16(14(2)11-13)17(12-19)15-7-9-18(20-3,21-4)10-8-15/h5-6,11,15,17H,7-10,12,19H2,1-4H3. The number of hydrogen-bond donors (Lipinski definition) is 1. The van der Waals surface area contributed by atoms with Crippen molar-refractivity contribution in [1.29, 1.82) is 0 Å². The summed E-state index contributed by atoms with van der Waals surface area (Å²) in [6.45, 7) is 5.05. The molecule has 0 heterocycles. The van der Waals surface area contributed by atoms with Gasteiger partial charge in [-0.15, -0.1) is 0 Å². The molecule has 1 aliphatic carbocycles. The molecule has 1 aromatic rings. The molecular formula is C18H29NO2. The fraction of sp³-hybridized carbons (Fsp3) is 0.667. The fourth-order valence-electron chi connectivity index (χ4n) is 3.79. The summed E-state index contributed by atoms with van der Waals surface area (Å²) in [7, 11) is 3.49. The summed E-state index contributed by atoms with van der Waals surface area (Å²) in [4.78, 5) is 0. The van der Waals surface area contributed by atoms with E-state index in [1.807, 2.05) is 0 Å². The van der Waals surface area contributed by atoms with E-state index in [0.29, 0.717) is 18.4 Å². The molecule has 0 spiro atoms. The molecule has 1 saturated carbocycles. The van der Waals surface area contributed by atoms with E-state index >= 15 is 0 Å². The van der Waals surface area contributed by atoms with Crippen molar-refractivity contribution >= 4 is 0 Å². The maximum atomic E-state index is 6.11. The van der Waals surface area contributed by atoms with Gasteiger partial charge in [-0.05, 0) is 56.2 Å². The van der Waals surface area contributed by atoms with E-state index in [2.05, 4.69) is 32.0 Å². The molecule has 0 amide bonds. The summed E-state index contributed by atoms with van der Waals surface area (Å²) < 4.78 is 11.2. The molecule has 0 bridgehead atoms. The van der Waals surface area contributed by atoms with Crippen molar-refractivity contribution in [3.63, 3.8) is 0 Å². The summed E-state index contributed by atoms with van der Waals surface area (Å²) in [5, 5.41) is 0. The van der Waals surface area contributed by atoms with Crippen molar-refractivity contribution in [3.05, 3.63) is 34.9 Å².